The van der Waals surface area contributed by atoms with Gasteiger partial charge < -0.3 is 15.0 Å². The molecule has 1 aromatic rings. The van der Waals surface area contributed by atoms with E-state index in [2.05, 4.69) is 15.2 Å². The zero-order valence-corrected chi connectivity index (χ0v) is 13.8. The molecular formula is C15H21Cl2N3O. The lowest BCUT2D eigenvalue weighted by atomic mass is 9.90. The molecule has 1 aliphatic heterocycles. The lowest BCUT2D eigenvalue weighted by Gasteiger charge is -2.44. The molecule has 0 spiro atoms. The highest BCUT2D eigenvalue weighted by Crippen LogP contribution is 2.37. The van der Waals surface area contributed by atoms with E-state index >= 15 is 0 Å². The maximum absolute atomic E-state index is 6.41. The monoisotopic (exact) mass is 329 g/mol. The lowest BCUT2D eigenvalue weighted by Crippen LogP contribution is -2.53. The molecule has 1 aliphatic carbocycles. The van der Waals surface area contributed by atoms with E-state index in [1.807, 2.05) is 6.92 Å². The zero-order valence-electron chi connectivity index (χ0n) is 12.2. The molecule has 116 valence electrons. The van der Waals surface area contributed by atoms with Crippen molar-refractivity contribution in [2.45, 2.75) is 44.8 Å². The number of pyridine rings is 1. The minimum atomic E-state index is 0.309. The van der Waals surface area contributed by atoms with Gasteiger partial charge in [0.1, 0.15) is 11.6 Å². The fraction of sp³-hybridized carbons (Fsp3) is 0.667. The van der Waals surface area contributed by atoms with Gasteiger partial charge in [-0.2, -0.15) is 0 Å². The van der Waals surface area contributed by atoms with E-state index in [0.717, 1.165) is 38.4 Å². The summed E-state index contributed by atoms with van der Waals surface area (Å²) in [6.07, 6.45) is 5.07. The summed E-state index contributed by atoms with van der Waals surface area (Å²) < 4.78 is 5.92. The minimum absolute atomic E-state index is 0.309. The predicted molar refractivity (Wildman–Crippen MR) is 87.8 cm³/mol. The molecule has 6 heteroatoms. The largest absolute Gasteiger partial charge is 0.374 e. The van der Waals surface area contributed by atoms with Crippen molar-refractivity contribution in [3.63, 3.8) is 0 Å². The number of nitrogens with one attached hydrogen (secondary N) is 1. The third kappa shape index (κ3) is 3.08. The molecule has 2 fully saturated rings. The molecular weight excluding hydrogens is 309 g/mol. The van der Waals surface area contributed by atoms with E-state index in [1.165, 1.54) is 12.8 Å². The summed E-state index contributed by atoms with van der Waals surface area (Å²) in [5.74, 6) is 1.54. The molecule has 1 saturated heterocycles. The van der Waals surface area contributed by atoms with E-state index < -0.39 is 0 Å². The van der Waals surface area contributed by atoms with Crippen molar-refractivity contribution in [3.05, 3.63) is 16.1 Å². The zero-order chi connectivity index (χ0) is 14.8. The average molecular weight is 330 g/mol. The number of ether oxygens (including phenoxy) is 1. The Balaban J connectivity index is 1.92. The maximum atomic E-state index is 6.41. The molecule has 1 saturated carbocycles. The molecule has 0 bridgehead atoms. The van der Waals surface area contributed by atoms with Crippen LogP contribution in [0.5, 0.6) is 0 Å². The topological polar surface area (TPSA) is 37.4 Å². The van der Waals surface area contributed by atoms with Crippen molar-refractivity contribution in [1.29, 1.82) is 0 Å². The summed E-state index contributed by atoms with van der Waals surface area (Å²) in [5, 5.41) is 4.38. The summed E-state index contributed by atoms with van der Waals surface area (Å²) >= 11 is 12.6. The number of hydrogen-bond acceptors (Lipinski definition) is 4. The molecule has 1 aromatic heterocycles. The second-order valence-electron chi connectivity index (χ2n) is 5.61. The van der Waals surface area contributed by atoms with Crippen LogP contribution >= 0.6 is 23.2 Å². The van der Waals surface area contributed by atoms with Gasteiger partial charge in [0.2, 0.25) is 0 Å². The fourth-order valence-electron chi connectivity index (χ4n) is 3.31. The highest BCUT2D eigenvalue weighted by Gasteiger charge is 2.35. The van der Waals surface area contributed by atoms with Gasteiger partial charge in [-0.3, -0.25) is 0 Å². The first kappa shape index (κ1) is 15.2. The summed E-state index contributed by atoms with van der Waals surface area (Å²) in [5.41, 5.74) is 0. The van der Waals surface area contributed by atoms with Crippen molar-refractivity contribution < 1.29 is 4.74 Å². The van der Waals surface area contributed by atoms with Gasteiger partial charge >= 0.3 is 0 Å². The summed E-state index contributed by atoms with van der Waals surface area (Å²) in [7, 11) is 0. The normalized spacial score (nSPS) is 25.6. The molecule has 0 amide bonds. The predicted octanol–water partition coefficient (Wildman–Crippen LogP) is 3.97. The molecule has 3 rings (SSSR count). The average Bonchev–Trinajstić information content (AvgIpc) is 2.50. The minimum Gasteiger partial charge on any atom is -0.374 e. The number of anilines is 2. The molecule has 2 heterocycles. The summed E-state index contributed by atoms with van der Waals surface area (Å²) in [4.78, 5) is 6.98. The number of rotatable bonds is 3. The first-order valence-electron chi connectivity index (χ1n) is 7.69. The van der Waals surface area contributed by atoms with Crippen LogP contribution in [0.4, 0.5) is 11.6 Å². The van der Waals surface area contributed by atoms with E-state index in [9.17, 15) is 0 Å². The smallest absolute Gasteiger partial charge is 0.150 e. The van der Waals surface area contributed by atoms with Crippen LogP contribution in [0.1, 0.15) is 32.6 Å². The fourth-order valence-corrected chi connectivity index (χ4v) is 3.84. The van der Waals surface area contributed by atoms with Gasteiger partial charge in [-0.1, -0.05) is 36.0 Å². The molecule has 21 heavy (non-hydrogen) atoms. The standard InChI is InChI=1S/C15H21Cl2N3O/c1-2-18-14-10(16)9-11(17)15(19-14)20-7-8-21-13-6-4-3-5-12(13)20/h9,12-13H,2-8H2,1H3,(H,18,19). The van der Waals surface area contributed by atoms with Crippen LogP contribution in [0.3, 0.4) is 0 Å². The Labute approximate surface area is 135 Å². The Morgan fingerprint density at radius 2 is 2.14 bits per heavy atom. The first-order chi connectivity index (χ1) is 10.2. The Morgan fingerprint density at radius 1 is 1.33 bits per heavy atom. The van der Waals surface area contributed by atoms with Crippen LogP contribution < -0.4 is 10.2 Å². The van der Waals surface area contributed by atoms with E-state index in [-0.39, 0.29) is 0 Å². The van der Waals surface area contributed by atoms with Gasteiger partial charge in [-0.15, -0.1) is 0 Å². The Morgan fingerprint density at radius 3 is 2.95 bits per heavy atom. The number of halogens is 2. The third-order valence-corrected chi connectivity index (χ3v) is 4.83. The van der Waals surface area contributed by atoms with Crippen molar-refractivity contribution in [1.82, 2.24) is 4.98 Å². The molecule has 0 aromatic carbocycles. The van der Waals surface area contributed by atoms with Crippen LogP contribution in [-0.2, 0) is 4.74 Å². The molecule has 2 unspecified atom stereocenters. The van der Waals surface area contributed by atoms with Gasteiger partial charge in [0.15, 0.2) is 0 Å². The molecule has 0 radical (unpaired) electrons. The maximum Gasteiger partial charge on any atom is 0.150 e. The quantitative estimate of drug-likeness (QED) is 0.910. The molecule has 4 nitrogen and oxygen atoms in total. The van der Waals surface area contributed by atoms with Crippen LogP contribution in [0.15, 0.2) is 6.07 Å². The Hall–Kier alpha value is -0.710. The van der Waals surface area contributed by atoms with E-state index in [0.29, 0.717) is 28.0 Å². The van der Waals surface area contributed by atoms with Crippen LogP contribution in [-0.4, -0.2) is 36.8 Å². The number of aromatic nitrogens is 1. The SMILES string of the molecule is CCNc1nc(N2CCOC3CCCCC32)c(Cl)cc1Cl. The second-order valence-corrected chi connectivity index (χ2v) is 6.42. The van der Waals surface area contributed by atoms with Gasteiger partial charge in [0, 0.05) is 13.1 Å². The molecule has 2 aliphatic rings. The van der Waals surface area contributed by atoms with Crippen LogP contribution in [0, 0.1) is 0 Å². The van der Waals surface area contributed by atoms with Crippen LogP contribution in [0.25, 0.3) is 0 Å². The Kier molecular flexibility index (Phi) is 4.77. The summed E-state index contributed by atoms with van der Waals surface area (Å²) in [6.45, 7) is 4.38. The van der Waals surface area contributed by atoms with Gasteiger partial charge in [-0.05, 0) is 25.8 Å². The lowest BCUT2D eigenvalue weighted by molar-refractivity contribution is -0.00896. The van der Waals surface area contributed by atoms with Crippen molar-refractivity contribution in [2.75, 3.05) is 29.9 Å². The molecule has 2 atom stereocenters. The number of morpholine rings is 1. The number of nitrogens with zero attached hydrogens (tertiary/aromatic N) is 2. The number of fused-ring (bicyclic) bond motifs is 1. The van der Waals surface area contributed by atoms with Crippen molar-refractivity contribution in [3.8, 4) is 0 Å². The van der Waals surface area contributed by atoms with Crippen molar-refractivity contribution >= 4 is 34.8 Å². The Bertz CT molecular complexity index is 510. The highest BCUT2D eigenvalue weighted by molar-refractivity contribution is 6.37. The first-order valence-corrected chi connectivity index (χ1v) is 8.44. The van der Waals surface area contributed by atoms with Gasteiger partial charge in [0.25, 0.3) is 0 Å². The molecule has 1 N–H and O–H groups in total. The highest BCUT2D eigenvalue weighted by atomic mass is 35.5. The van der Waals surface area contributed by atoms with Gasteiger partial charge in [-0.25, -0.2) is 4.98 Å². The van der Waals surface area contributed by atoms with E-state index in [4.69, 9.17) is 27.9 Å². The third-order valence-electron chi connectivity index (χ3n) is 4.26. The van der Waals surface area contributed by atoms with E-state index in [1.54, 1.807) is 6.07 Å². The van der Waals surface area contributed by atoms with Gasteiger partial charge in [0.05, 0.1) is 28.8 Å². The number of hydrogen-bond donors (Lipinski definition) is 1. The van der Waals surface area contributed by atoms with Crippen molar-refractivity contribution in [2.24, 2.45) is 0 Å². The van der Waals surface area contributed by atoms with Crippen LogP contribution in [0.2, 0.25) is 10.0 Å². The second kappa shape index (κ2) is 6.59. The summed E-state index contributed by atoms with van der Waals surface area (Å²) in [6, 6.07) is 2.17.